The third-order valence-electron chi connectivity index (χ3n) is 4.50. The molecular weight excluding hydrogens is 326 g/mol. The standard InChI is InChI=1S/C21H19N3O2/c1-26-17-8-4-7-16(14-17)23-21(25)18-9-5-12-22-20(18)24-13-11-15-6-2-3-10-19(15)24/h2-10,12,14H,11,13H2,1H3,(H,23,25). The van der Waals surface area contributed by atoms with Gasteiger partial charge in [0, 0.05) is 30.2 Å². The summed E-state index contributed by atoms with van der Waals surface area (Å²) < 4.78 is 5.21. The van der Waals surface area contributed by atoms with E-state index in [0.717, 1.165) is 18.7 Å². The van der Waals surface area contributed by atoms with E-state index in [1.54, 1.807) is 31.5 Å². The molecule has 0 aliphatic carbocycles. The minimum atomic E-state index is -0.189. The fourth-order valence-electron chi connectivity index (χ4n) is 3.25. The number of carbonyl (C=O) groups excluding carboxylic acids is 1. The second-order valence-electron chi connectivity index (χ2n) is 6.09. The molecule has 0 saturated carbocycles. The maximum absolute atomic E-state index is 12.9. The lowest BCUT2D eigenvalue weighted by Gasteiger charge is -2.21. The van der Waals surface area contributed by atoms with Gasteiger partial charge in [-0.05, 0) is 42.3 Å². The van der Waals surface area contributed by atoms with E-state index < -0.39 is 0 Å². The average molecular weight is 345 g/mol. The van der Waals surface area contributed by atoms with Crippen LogP contribution < -0.4 is 15.0 Å². The highest BCUT2D eigenvalue weighted by Gasteiger charge is 2.25. The van der Waals surface area contributed by atoms with Crippen LogP contribution in [0.15, 0.2) is 66.9 Å². The third-order valence-corrected chi connectivity index (χ3v) is 4.50. The van der Waals surface area contributed by atoms with E-state index in [2.05, 4.69) is 27.3 Å². The molecule has 2 heterocycles. The molecule has 1 aliphatic rings. The van der Waals surface area contributed by atoms with Crippen LogP contribution in [0.25, 0.3) is 0 Å². The number of para-hydroxylation sites is 1. The monoisotopic (exact) mass is 345 g/mol. The molecule has 2 aromatic carbocycles. The number of fused-ring (bicyclic) bond motifs is 1. The first-order valence-electron chi connectivity index (χ1n) is 8.52. The van der Waals surface area contributed by atoms with Crippen molar-refractivity contribution in [3.8, 4) is 5.75 Å². The summed E-state index contributed by atoms with van der Waals surface area (Å²) in [6.07, 6.45) is 2.67. The zero-order chi connectivity index (χ0) is 17.9. The Labute approximate surface area is 152 Å². The van der Waals surface area contributed by atoms with Gasteiger partial charge in [-0.1, -0.05) is 24.3 Å². The van der Waals surface area contributed by atoms with Crippen LogP contribution in [0.5, 0.6) is 5.75 Å². The van der Waals surface area contributed by atoms with Gasteiger partial charge >= 0.3 is 0 Å². The number of methoxy groups -OCH3 is 1. The minimum absolute atomic E-state index is 0.189. The van der Waals surface area contributed by atoms with Crippen LogP contribution in [0.1, 0.15) is 15.9 Å². The van der Waals surface area contributed by atoms with Gasteiger partial charge in [-0.25, -0.2) is 4.98 Å². The van der Waals surface area contributed by atoms with Crippen molar-refractivity contribution in [2.24, 2.45) is 0 Å². The van der Waals surface area contributed by atoms with E-state index in [1.807, 2.05) is 30.3 Å². The molecule has 26 heavy (non-hydrogen) atoms. The number of ether oxygens (including phenoxy) is 1. The molecule has 130 valence electrons. The second-order valence-corrected chi connectivity index (χ2v) is 6.09. The number of hydrogen-bond acceptors (Lipinski definition) is 4. The van der Waals surface area contributed by atoms with Crippen molar-refractivity contribution in [1.29, 1.82) is 0 Å². The third kappa shape index (κ3) is 2.99. The van der Waals surface area contributed by atoms with Crippen LogP contribution >= 0.6 is 0 Å². The van der Waals surface area contributed by atoms with Gasteiger partial charge in [-0.3, -0.25) is 4.79 Å². The molecule has 0 fully saturated rings. The first kappa shape index (κ1) is 16.1. The first-order valence-corrected chi connectivity index (χ1v) is 8.52. The zero-order valence-corrected chi connectivity index (χ0v) is 14.5. The molecule has 0 spiro atoms. The van der Waals surface area contributed by atoms with Crippen LogP contribution in [0, 0.1) is 0 Å². The Balaban J connectivity index is 1.65. The summed E-state index contributed by atoms with van der Waals surface area (Å²) >= 11 is 0. The number of hydrogen-bond donors (Lipinski definition) is 1. The minimum Gasteiger partial charge on any atom is -0.497 e. The fraction of sp³-hybridized carbons (Fsp3) is 0.143. The number of pyridine rings is 1. The number of amides is 1. The molecule has 1 aliphatic heterocycles. The second kappa shape index (κ2) is 6.88. The van der Waals surface area contributed by atoms with E-state index in [0.29, 0.717) is 22.8 Å². The maximum atomic E-state index is 12.9. The molecule has 1 amide bonds. The molecule has 3 aromatic rings. The van der Waals surface area contributed by atoms with Gasteiger partial charge in [0.25, 0.3) is 5.91 Å². The molecule has 5 heteroatoms. The summed E-state index contributed by atoms with van der Waals surface area (Å²) in [4.78, 5) is 19.5. The lowest BCUT2D eigenvalue weighted by Crippen LogP contribution is -2.21. The summed E-state index contributed by atoms with van der Waals surface area (Å²) in [5.74, 6) is 1.19. The lowest BCUT2D eigenvalue weighted by molar-refractivity contribution is 0.102. The SMILES string of the molecule is COc1cccc(NC(=O)c2cccnc2N2CCc3ccccc32)c1. The number of carbonyl (C=O) groups is 1. The highest BCUT2D eigenvalue weighted by molar-refractivity contribution is 6.08. The Kier molecular flexibility index (Phi) is 4.27. The van der Waals surface area contributed by atoms with Crippen LogP contribution in [0.2, 0.25) is 0 Å². The molecule has 4 rings (SSSR count). The Bertz CT molecular complexity index is 955. The maximum Gasteiger partial charge on any atom is 0.259 e. The smallest absolute Gasteiger partial charge is 0.259 e. The highest BCUT2D eigenvalue weighted by atomic mass is 16.5. The van der Waals surface area contributed by atoms with Crippen molar-refractivity contribution in [2.75, 3.05) is 23.9 Å². The summed E-state index contributed by atoms with van der Waals surface area (Å²) in [6, 6.07) is 19.1. The highest BCUT2D eigenvalue weighted by Crippen LogP contribution is 2.35. The van der Waals surface area contributed by atoms with Crippen LogP contribution in [-0.2, 0) is 6.42 Å². The molecule has 1 N–H and O–H groups in total. The zero-order valence-electron chi connectivity index (χ0n) is 14.5. The molecule has 0 unspecified atom stereocenters. The van der Waals surface area contributed by atoms with Gasteiger partial charge in [0.15, 0.2) is 0 Å². The molecule has 0 bridgehead atoms. The predicted octanol–water partition coefficient (Wildman–Crippen LogP) is 4.04. The number of aromatic nitrogens is 1. The number of rotatable bonds is 4. The quantitative estimate of drug-likeness (QED) is 0.775. The molecule has 5 nitrogen and oxygen atoms in total. The summed E-state index contributed by atoms with van der Waals surface area (Å²) in [7, 11) is 1.60. The lowest BCUT2D eigenvalue weighted by atomic mass is 10.1. The molecule has 0 atom stereocenters. The van der Waals surface area contributed by atoms with Gasteiger partial charge in [0.2, 0.25) is 0 Å². The fourth-order valence-corrected chi connectivity index (χ4v) is 3.25. The Morgan fingerprint density at radius 3 is 2.88 bits per heavy atom. The largest absolute Gasteiger partial charge is 0.497 e. The molecule has 0 saturated heterocycles. The first-order chi connectivity index (χ1) is 12.8. The summed E-state index contributed by atoms with van der Waals surface area (Å²) in [5.41, 5.74) is 3.62. The van der Waals surface area contributed by atoms with E-state index in [1.165, 1.54) is 5.56 Å². The van der Waals surface area contributed by atoms with Gasteiger partial charge in [0.05, 0.1) is 12.7 Å². The van der Waals surface area contributed by atoms with Crippen LogP contribution in [0.4, 0.5) is 17.2 Å². The Morgan fingerprint density at radius 1 is 1.12 bits per heavy atom. The van der Waals surface area contributed by atoms with E-state index in [9.17, 15) is 4.79 Å². The van der Waals surface area contributed by atoms with Crippen molar-refractivity contribution >= 4 is 23.1 Å². The average Bonchev–Trinajstić information content (AvgIpc) is 3.12. The summed E-state index contributed by atoms with van der Waals surface area (Å²) in [5, 5.41) is 2.94. The van der Waals surface area contributed by atoms with Gasteiger partial charge in [0.1, 0.15) is 11.6 Å². The van der Waals surface area contributed by atoms with Gasteiger partial charge < -0.3 is 15.0 Å². The number of nitrogens with one attached hydrogen (secondary N) is 1. The normalized spacial score (nSPS) is 12.6. The van der Waals surface area contributed by atoms with Gasteiger partial charge in [-0.2, -0.15) is 0 Å². The number of benzene rings is 2. The summed E-state index contributed by atoms with van der Waals surface area (Å²) in [6.45, 7) is 0.815. The molecular formula is C21H19N3O2. The van der Waals surface area contributed by atoms with Crippen molar-refractivity contribution in [1.82, 2.24) is 4.98 Å². The van der Waals surface area contributed by atoms with Crippen molar-refractivity contribution in [3.05, 3.63) is 78.0 Å². The Hall–Kier alpha value is -3.34. The van der Waals surface area contributed by atoms with E-state index in [-0.39, 0.29) is 5.91 Å². The van der Waals surface area contributed by atoms with Crippen molar-refractivity contribution in [2.45, 2.75) is 6.42 Å². The molecule has 0 radical (unpaired) electrons. The van der Waals surface area contributed by atoms with E-state index >= 15 is 0 Å². The topological polar surface area (TPSA) is 54.5 Å². The van der Waals surface area contributed by atoms with Crippen molar-refractivity contribution in [3.63, 3.8) is 0 Å². The van der Waals surface area contributed by atoms with Gasteiger partial charge in [-0.15, -0.1) is 0 Å². The Morgan fingerprint density at radius 2 is 2.00 bits per heavy atom. The van der Waals surface area contributed by atoms with Crippen molar-refractivity contribution < 1.29 is 9.53 Å². The molecule has 1 aromatic heterocycles. The predicted molar refractivity (Wildman–Crippen MR) is 102 cm³/mol. The van der Waals surface area contributed by atoms with E-state index in [4.69, 9.17) is 4.74 Å². The number of nitrogens with zero attached hydrogens (tertiary/aromatic N) is 2. The number of anilines is 3. The van der Waals surface area contributed by atoms with Crippen LogP contribution in [0.3, 0.4) is 0 Å². The van der Waals surface area contributed by atoms with Crippen LogP contribution in [-0.4, -0.2) is 24.5 Å².